The molecule has 0 radical (unpaired) electrons. The molecule has 4 nitrogen and oxygen atoms in total. The van der Waals surface area contributed by atoms with Crippen molar-refractivity contribution in [1.82, 2.24) is 9.80 Å². The predicted octanol–water partition coefficient (Wildman–Crippen LogP) is 2.93. The summed E-state index contributed by atoms with van der Waals surface area (Å²) in [5.41, 5.74) is 0. The van der Waals surface area contributed by atoms with E-state index in [0.29, 0.717) is 6.04 Å². The summed E-state index contributed by atoms with van der Waals surface area (Å²) < 4.78 is 5.58. The van der Waals surface area contributed by atoms with E-state index in [0.717, 1.165) is 31.7 Å². The Morgan fingerprint density at radius 3 is 2.26 bits per heavy atom. The van der Waals surface area contributed by atoms with Gasteiger partial charge in [0.2, 0.25) is 0 Å². The molecule has 0 unspecified atom stereocenters. The van der Waals surface area contributed by atoms with Crippen LogP contribution in [0.3, 0.4) is 0 Å². The second kappa shape index (κ2) is 8.34. The zero-order chi connectivity index (χ0) is 15.9. The standard InChI is InChI=1S/C19H28N2O2/c22-19(16-23-18-8-4-3-5-9-18)21-14-10-17(11-15-21)20-12-6-1-2-7-13-20/h3-5,8-9,17H,1-2,6-7,10-16H2. The van der Waals surface area contributed by atoms with Crippen molar-refractivity contribution in [1.29, 1.82) is 0 Å². The molecule has 0 spiro atoms. The summed E-state index contributed by atoms with van der Waals surface area (Å²) >= 11 is 0. The fraction of sp³-hybridized carbons (Fsp3) is 0.632. The average molecular weight is 316 g/mol. The molecule has 0 aromatic heterocycles. The molecule has 1 aromatic rings. The van der Waals surface area contributed by atoms with Crippen molar-refractivity contribution in [2.75, 3.05) is 32.8 Å². The lowest BCUT2D eigenvalue weighted by molar-refractivity contribution is -0.135. The third-order valence-electron chi connectivity index (χ3n) is 5.08. The van der Waals surface area contributed by atoms with Crippen molar-refractivity contribution in [3.63, 3.8) is 0 Å². The minimum Gasteiger partial charge on any atom is -0.484 e. The molecule has 126 valence electrons. The highest BCUT2D eigenvalue weighted by Crippen LogP contribution is 2.21. The number of likely N-dealkylation sites (tertiary alicyclic amines) is 2. The fourth-order valence-electron chi connectivity index (χ4n) is 3.69. The van der Waals surface area contributed by atoms with E-state index in [1.54, 1.807) is 0 Å². The smallest absolute Gasteiger partial charge is 0.260 e. The van der Waals surface area contributed by atoms with Crippen LogP contribution < -0.4 is 4.74 Å². The average Bonchev–Trinajstić information content (AvgIpc) is 2.90. The van der Waals surface area contributed by atoms with Crippen LogP contribution in [0.4, 0.5) is 0 Å². The lowest BCUT2D eigenvalue weighted by Gasteiger charge is -2.38. The Balaban J connectivity index is 1.42. The molecule has 0 saturated carbocycles. The Kier molecular flexibility index (Phi) is 5.92. The first-order valence-electron chi connectivity index (χ1n) is 9.02. The Morgan fingerprint density at radius 2 is 1.61 bits per heavy atom. The van der Waals surface area contributed by atoms with Crippen molar-refractivity contribution in [2.45, 2.75) is 44.6 Å². The molecule has 2 aliphatic rings. The number of amides is 1. The van der Waals surface area contributed by atoms with E-state index in [1.807, 2.05) is 35.2 Å². The number of hydrogen-bond donors (Lipinski definition) is 0. The second-order valence-corrected chi connectivity index (χ2v) is 6.66. The van der Waals surface area contributed by atoms with Gasteiger partial charge in [0.1, 0.15) is 5.75 Å². The molecule has 0 N–H and O–H groups in total. The van der Waals surface area contributed by atoms with Gasteiger partial charge in [-0.15, -0.1) is 0 Å². The Morgan fingerprint density at radius 1 is 0.957 bits per heavy atom. The van der Waals surface area contributed by atoms with Crippen LogP contribution in [-0.2, 0) is 4.79 Å². The second-order valence-electron chi connectivity index (χ2n) is 6.66. The van der Waals surface area contributed by atoms with Gasteiger partial charge in [0.25, 0.3) is 5.91 Å². The van der Waals surface area contributed by atoms with Gasteiger partial charge >= 0.3 is 0 Å². The predicted molar refractivity (Wildman–Crippen MR) is 91.6 cm³/mol. The Bertz CT molecular complexity index is 475. The van der Waals surface area contributed by atoms with Crippen molar-refractivity contribution in [3.8, 4) is 5.75 Å². The molecule has 2 fully saturated rings. The number of hydrogen-bond acceptors (Lipinski definition) is 3. The van der Waals surface area contributed by atoms with Crippen LogP contribution in [0, 0.1) is 0 Å². The topological polar surface area (TPSA) is 32.8 Å². The maximum atomic E-state index is 12.3. The third-order valence-corrected chi connectivity index (χ3v) is 5.08. The van der Waals surface area contributed by atoms with Crippen LogP contribution in [0.1, 0.15) is 38.5 Å². The van der Waals surface area contributed by atoms with E-state index in [1.165, 1.54) is 38.8 Å². The first-order valence-corrected chi connectivity index (χ1v) is 9.02. The van der Waals surface area contributed by atoms with Crippen molar-refractivity contribution in [2.24, 2.45) is 0 Å². The highest BCUT2D eigenvalue weighted by molar-refractivity contribution is 5.77. The van der Waals surface area contributed by atoms with E-state index >= 15 is 0 Å². The first kappa shape index (κ1) is 16.3. The zero-order valence-corrected chi connectivity index (χ0v) is 14.0. The van der Waals surface area contributed by atoms with Crippen LogP contribution in [-0.4, -0.2) is 54.5 Å². The van der Waals surface area contributed by atoms with Gasteiger partial charge in [-0.05, 0) is 50.9 Å². The SMILES string of the molecule is O=C(COc1ccccc1)N1CCC(N2CCCCCC2)CC1. The molecule has 1 amide bonds. The third kappa shape index (κ3) is 4.71. The largest absolute Gasteiger partial charge is 0.484 e. The summed E-state index contributed by atoms with van der Waals surface area (Å²) in [6.45, 7) is 4.39. The normalized spacial score (nSPS) is 21.0. The Hall–Kier alpha value is -1.55. The summed E-state index contributed by atoms with van der Waals surface area (Å²) in [6.07, 6.45) is 7.65. The number of rotatable bonds is 4. The van der Waals surface area contributed by atoms with Gasteiger partial charge in [-0.1, -0.05) is 31.0 Å². The summed E-state index contributed by atoms with van der Waals surface area (Å²) in [4.78, 5) is 16.9. The number of para-hydroxylation sites is 1. The van der Waals surface area contributed by atoms with E-state index < -0.39 is 0 Å². The van der Waals surface area contributed by atoms with Gasteiger partial charge in [0, 0.05) is 19.1 Å². The molecule has 3 rings (SSSR count). The van der Waals surface area contributed by atoms with Gasteiger partial charge in [-0.3, -0.25) is 4.79 Å². The minimum atomic E-state index is 0.114. The molecule has 1 aromatic carbocycles. The zero-order valence-electron chi connectivity index (χ0n) is 14.0. The molecule has 2 heterocycles. The molecule has 0 bridgehead atoms. The Labute approximate surface area is 139 Å². The van der Waals surface area contributed by atoms with Crippen LogP contribution in [0.5, 0.6) is 5.75 Å². The van der Waals surface area contributed by atoms with Gasteiger partial charge in [0.05, 0.1) is 0 Å². The van der Waals surface area contributed by atoms with E-state index in [2.05, 4.69) is 4.90 Å². The number of ether oxygens (including phenoxy) is 1. The number of carbonyl (C=O) groups excluding carboxylic acids is 1. The van der Waals surface area contributed by atoms with Gasteiger partial charge < -0.3 is 14.5 Å². The van der Waals surface area contributed by atoms with Crippen LogP contribution in [0.2, 0.25) is 0 Å². The van der Waals surface area contributed by atoms with Crippen molar-refractivity contribution >= 4 is 5.91 Å². The molecular weight excluding hydrogens is 288 g/mol. The van der Waals surface area contributed by atoms with Crippen LogP contribution in [0.25, 0.3) is 0 Å². The lowest BCUT2D eigenvalue weighted by Crippen LogP contribution is -2.48. The summed E-state index contributed by atoms with van der Waals surface area (Å²) in [7, 11) is 0. The molecular formula is C19H28N2O2. The van der Waals surface area contributed by atoms with E-state index in [9.17, 15) is 4.79 Å². The lowest BCUT2D eigenvalue weighted by atomic mass is 10.0. The number of piperidine rings is 1. The molecule has 4 heteroatoms. The maximum Gasteiger partial charge on any atom is 0.260 e. The fourth-order valence-corrected chi connectivity index (χ4v) is 3.69. The monoisotopic (exact) mass is 316 g/mol. The van der Waals surface area contributed by atoms with Gasteiger partial charge in [0.15, 0.2) is 6.61 Å². The van der Waals surface area contributed by atoms with Crippen molar-refractivity contribution in [3.05, 3.63) is 30.3 Å². The van der Waals surface area contributed by atoms with Crippen LogP contribution >= 0.6 is 0 Å². The number of benzene rings is 1. The highest BCUT2D eigenvalue weighted by atomic mass is 16.5. The molecule has 0 atom stereocenters. The van der Waals surface area contributed by atoms with Gasteiger partial charge in [-0.2, -0.15) is 0 Å². The summed E-state index contributed by atoms with van der Waals surface area (Å²) in [5.74, 6) is 0.878. The van der Waals surface area contributed by atoms with Crippen LogP contribution in [0.15, 0.2) is 30.3 Å². The van der Waals surface area contributed by atoms with E-state index in [4.69, 9.17) is 4.74 Å². The van der Waals surface area contributed by atoms with Gasteiger partial charge in [-0.25, -0.2) is 0 Å². The number of carbonyl (C=O) groups is 1. The molecule has 23 heavy (non-hydrogen) atoms. The summed E-state index contributed by atoms with van der Waals surface area (Å²) in [5, 5.41) is 0. The summed E-state index contributed by atoms with van der Waals surface area (Å²) in [6, 6.07) is 10.2. The molecule has 0 aliphatic carbocycles. The van der Waals surface area contributed by atoms with Crippen molar-refractivity contribution < 1.29 is 9.53 Å². The quantitative estimate of drug-likeness (QED) is 0.856. The maximum absolute atomic E-state index is 12.3. The minimum absolute atomic E-state index is 0.114. The highest BCUT2D eigenvalue weighted by Gasteiger charge is 2.27. The molecule has 2 aliphatic heterocycles. The number of nitrogens with zero attached hydrogens (tertiary/aromatic N) is 2. The van der Waals surface area contributed by atoms with E-state index in [-0.39, 0.29) is 12.5 Å². The molecule has 2 saturated heterocycles. The first-order chi connectivity index (χ1) is 11.3.